The van der Waals surface area contributed by atoms with Crippen LogP contribution in [0.15, 0.2) is 23.4 Å². The van der Waals surface area contributed by atoms with E-state index in [0.29, 0.717) is 29.8 Å². The maximum Gasteiger partial charge on any atom is 0.313 e. The molecule has 1 fully saturated rings. The quantitative estimate of drug-likeness (QED) is 0.364. The largest absolute Gasteiger partial charge is 0.349 e. The van der Waals surface area contributed by atoms with Gasteiger partial charge in [0.1, 0.15) is 5.69 Å². The molecule has 0 unspecified atom stereocenters. The molecule has 2 heterocycles. The zero-order valence-electron chi connectivity index (χ0n) is 22.4. The topological polar surface area (TPSA) is 153 Å². The Hall–Kier alpha value is -3.71. The number of anilines is 1. The lowest BCUT2D eigenvalue weighted by molar-refractivity contribution is -0.137. The summed E-state index contributed by atoms with van der Waals surface area (Å²) in [4.78, 5) is 71.6. The SMILES string of the molecule is Cc1ccc(NC(=O)C(=O)N[C@H]2CC[C@H](C(=O)N(C)C)C[C@H]2NC(=O)c2nc3c(s2)CN(C)CC3)cc1N=O. The number of amides is 4. The van der Waals surface area contributed by atoms with Crippen LogP contribution in [0.3, 0.4) is 0 Å². The number of likely N-dealkylation sites (N-methyl/N-ethyl adjacent to an activating group) is 1. The molecule has 4 rings (SSSR count). The first-order valence-corrected chi connectivity index (χ1v) is 13.6. The Balaban J connectivity index is 1.46. The van der Waals surface area contributed by atoms with Crippen LogP contribution in [-0.4, -0.2) is 78.2 Å². The second-order valence-electron chi connectivity index (χ2n) is 10.3. The average Bonchev–Trinajstić information content (AvgIpc) is 3.33. The van der Waals surface area contributed by atoms with E-state index in [4.69, 9.17) is 0 Å². The minimum atomic E-state index is -0.913. The van der Waals surface area contributed by atoms with Crippen molar-refractivity contribution in [3.8, 4) is 0 Å². The first kappa shape index (κ1) is 28.3. The number of thiazole rings is 1. The summed E-state index contributed by atoms with van der Waals surface area (Å²) in [5, 5.41) is 11.4. The van der Waals surface area contributed by atoms with E-state index >= 15 is 0 Å². The van der Waals surface area contributed by atoms with Gasteiger partial charge in [0.15, 0.2) is 5.01 Å². The van der Waals surface area contributed by atoms with Gasteiger partial charge in [-0.05, 0) is 56.1 Å². The van der Waals surface area contributed by atoms with Gasteiger partial charge in [-0.25, -0.2) is 4.98 Å². The molecule has 1 aromatic heterocycles. The highest BCUT2D eigenvalue weighted by Crippen LogP contribution is 2.28. The molecule has 39 heavy (non-hydrogen) atoms. The first-order valence-electron chi connectivity index (χ1n) is 12.8. The average molecular weight is 556 g/mol. The van der Waals surface area contributed by atoms with E-state index < -0.39 is 23.9 Å². The molecule has 0 radical (unpaired) electrons. The lowest BCUT2D eigenvalue weighted by Gasteiger charge is -2.37. The van der Waals surface area contributed by atoms with Crippen LogP contribution in [0, 0.1) is 17.7 Å². The summed E-state index contributed by atoms with van der Waals surface area (Å²) < 4.78 is 0. The molecule has 208 valence electrons. The third-order valence-corrected chi connectivity index (χ3v) is 8.24. The summed E-state index contributed by atoms with van der Waals surface area (Å²) in [5.74, 6) is -2.54. The molecule has 0 bridgehead atoms. The number of carbonyl (C=O) groups excluding carboxylic acids is 4. The smallest absolute Gasteiger partial charge is 0.313 e. The van der Waals surface area contributed by atoms with Crippen molar-refractivity contribution in [3.05, 3.63) is 44.2 Å². The molecule has 0 spiro atoms. The summed E-state index contributed by atoms with van der Waals surface area (Å²) >= 11 is 1.35. The number of aromatic nitrogens is 1. The number of nitrogens with zero attached hydrogens (tertiary/aromatic N) is 4. The lowest BCUT2D eigenvalue weighted by atomic mass is 9.81. The molecule has 2 aliphatic rings. The van der Waals surface area contributed by atoms with Crippen molar-refractivity contribution in [1.29, 1.82) is 0 Å². The molecule has 3 N–H and O–H groups in total. The van der Waals surface area contributed by atoms with E-state index in [1.165, 1.54) is 22.3 Å². The molecule has 1 aliphatic carbocycles. The summed E-state index contributed by atoms with van der Waals surface area (Å²) in [5.41, 5.74) is 2.00. The normalized spacial score (nSPS) is 20.9. The molecule has 1 aromatic carbocycles. The Labute approximate surface area is 230 Å². The third kappa shape index (κ3) is 6.66. The molecule has 1 aliphatic heterocycles. The minimum absolute atomic E-state index is 0.0523. The predicted molar refractivity (Wildman–Crippen MR) is 147 cm³/mol. The third-order valence-electron chi connectivity index (χ3n) is 7.16. The van der Waals surface area contributed by atoms with Crippen LogP contribution in [0.25, 0.3) is 0 Å². The number of nitroso groups, excluding NO2 is 1. The monoisotopic (exact) mass is 555 g/mol. The molecule has 1 saturated carbocycles. The zero-order chi connectivity index (χ0) is 28.3. The maximum atomic E-state index is 13.2. The number of nitrogens with one attached hydrogen (secondary N) is 3. The maximum absolute atomic E-state index is 13.2. The molecule has 12 nitrogen and oxygen atoms in total. The van der Waals surface area contributed by atoms with E-state index in [-0.39, 0.29) is 29.1 Å². The fourth-order valence-electron chi connectivity index (χ4n) is 4.95. The highest BCUT2D eigenvalue weighted by atomic mass is 32.1. The minimum Gasteiger partial charge on any atom is -0.349 e. The fourth-order valence-corrected chi connectivity index (χ4v) is 6.04. The van der Waals surface area contributed by atoms with Gasteiger partial charge in [-0.1, -0.05) is 6.07 Å². The Morgan fingerprint density at radius 3 is 2.59 bits per heavy atom. The molecule has 4 amide bonds. The van der Waals surface area contributed by atoms with E-state index in [1.54, 1.807) is 33.2 Å². The van der Waals surface area contributed by atoms with E-state index in [0.717, 1.165) is 30.1 Å². The molecular weight excluding hydrogens is 522 g/mol. The summed E-state index contributed by atoms with van der Waals surface area (Å²) in [6.45, 7) is 3.32. The van der Waals surface area contributed by atoms with Crippen LogP contribution in [0.4, 0.5) is 11.4 Å². The van der Waals surface area contributed by atoms with Gasteiger partial charge in [0, 0.05) is 56.1 Å². The van der Waals surface area contributed by atoms with Gasteiger partial charge in [-0.3, -0.25) is 19.2 Å². The van der Waals surface area contributed by atoms with Crippen LogP contribution >= 0.6 is 11.3 Å². The number of hydrogen-bond donors (Lipinski definition) is 3. The van der Waals surface area contributed by atoms with Crippen molar-refractivity contribution >= 4 is 46.3 Å². The highest BCUT2D eigenvalue weighted by Gasteiger charge is 2.37. The number of carbonyl (C=O) groups is 4. The van der Waals surface area contributed by atoms with Crippen molar-refractivity contribution in [1.82, 2.24) is 25.4 Å². The Morgan fingerprint density at radius 1 is 1.10 bits per heavy atom. The number of rotatable bonds is 6. The summed E-state index contributed by atoms with van der Waals surface area (Å²) in [7, 11) is 5.39. The molecule has 0 saturated heterocycles. The second kappa shape index (κ2) is 12.0. The number of benzene rings is 1. The van der Waals surface area contributed by atoms with Crippen LogP contribution in [0.5, 0.6) is 0 Å². The van der Waals surface area contributed by atoms with Crippen molar-refractivity contribution in [2.45, 2.75) is 51.2 Å². The van der Waals surface area contributed by atoms with Gasteiger partial charge < -0.3 is 25.8 Å². The Kier molecular flexibility index (Phi) is 8.70. The first-order chi connectivity index (χ1) is 18.5. The summed E-state index contributed by atoms with van der Waals surface area (Å²) in [6, 6.07) is 3.43. The van der Waals surface area contributed by atoms with Gasteiger partial charge in [0.2, 0.25) is 5.91 Å². The van der Waals surface area contributed by atoms with Crippen molar-refractivity contribution in [3.63, 3.8) is 0 Å². The predicted octanol–water partition coefficient (Wildman–Crippen LogP) is 1.95. The highest BCUT2D eigenvalue weighted by molar-refractivity contribution is 7.13. The van der Waals surface area contributed by atoms with E-state index in [9.17, 15) is 24.1 Å². The summed E-state index contributed by atoms with van der Waals surface area (Å²) in [6.07, 6.45) is 1.99. The van der Waals surface area contributed by atoms with Gasteiger partial charge in [0.25, 0.3) is 5.91 Å². The number of hydrogen-bond acceptors (Lipinski definition) is 9. The van der Waals surface area contributed by atoms with Crippen LogP contribution in [0.2, 0.25) is 0 Å². The van der Waals surface area contributed by atoms with E-state index in [1.807, 2.05) is 7.05 Å². The van der Waals surface area contributed by atoms with Gasteiger partial charge in [0.05, 0.1) is 11.7 Å². The number of aryl methyl sites for hydroxylation is 1. The van der Waals surface area contributed by atoms with Gasteiger partial charge in [-0.15, -0.1) is 16.2 Å². The van der Waals surface area contributed by atoms with Crippen LogP contribution in [0.1, 0.15) is 45.2 Å². The van der Waals surface area contributed by atoms with E-state index in [2.05, 4.69) is 31.0 Å². The number of fused-ring (bicyclic) bond motifs is 1. The molecule has 3 atom stereocenters. The second-order valence-corrected chi connectivity index (χ2v) is 11.4. The van der Waals surface area contributed by atoms with Crippen molar-refractivity contribution in [2.24, 2.45) is 11.1 Å². The van der Waals surface area contributed by atoms with Crippen LogP contribution < -0.4 is 16.0 Å². The zero-order valence-corrected chi connectivity index (χ0v) is 23.3. The van der Waals surface area contributed by atoms with Gasteiger partial charge >= 0.3 is 11.8 Å². The molecule has 13 heteroatoms. The molecule has 2 aromatic rings. The standard InChI is InChI=1S/C26H33N7O5S/c1-14-5-7-16(12-19(14)31-38)27-22(34)23(35)28-17-8-6-15(26(37)32(2)3)11-20(17)29-24(36)25-30-18-9-10-33(4)13-21(18)39-25/h5,7,12,15,17,20H,6,8-11,13H2,1-4H3,(H,27,34)(H,28,35)(H,29,36)/t15-,17-,20+/m0/s1. The van der Waals surface area contributed by atoms with Crippen LogP contribution in [-0.2, 0) is 27.3 Å². The Morgan fingerprint density at radius 2 is 1.87 bits per heavy atom. The van der Waals surface area contributed by atoms with Crippen molar-refractivity contribution < 1.29 is 19.2 Å². The Bertz CT molecular complexity index is 1290. The molecular formula is C26H33N7O5S. The lowest BCUT2D eigenvalue weighted by Crippen LogP contribution is -2.57. The van der Waals surface area contributed by atoms with Crippen molar-refractivity contribution in [2.75, 3.05) is 33.0 Å². The fraction of sp³-hybridized carbons (Fsp3) is 0.500. The van der Waals surface area contributed by atoms with Gasteiger partial charge in [-0.2, -0.15) is 0 Å².